The number of carboxylic acid groups (broad SMARTS) is 1. The molecule has 1 N–H and O–H groups in total. The van der Waals surface area contributed by atoms with Crippen molar-refractivity contribution in [2.75, 3.05) is 11.4 Å². The summed E-state index contributed by atoms with van der Waals surface area (Å²) in [7, 11) is 0. The third-order valence-corrected chi connectivity index (χ3v) is 5.09. The number of anilines is 1. The highest BCUT2D eigenvalue weighted by atomic mass is 16.4. The molecule has 0 saturated heterocycles. The molecule has 3 nitrogen and oxygen atoms in total. The third kappa shape index (κ3) is 2.09. The Morgan fingerprint density at radius 3 is 2.80 bits per heavy atom. The fourth-order valence-corrected chi connectivity index (χ4v) is 4.06. The standard InChI is InChI=1S/C17H23NO2/c1-17(2)10-4-9-15(17)18-11-5-7-12-13(16(19)20)6-3-8-14(12)18/h3,6,8,15H,4-5,7,9-11H2,1-2H3,(H,19,20). The average Bonchev–Trinajstić information content (AvgIpc) is 2.76. The zero-order valence-corrected chi connectivity index (χ0v) is 12.4. The van der Waals surface area contributed by atoms with E-state index in [0.717, 1.165) is 30.6 Å². The minimum absolute atomic E-state index is 0.327. The molecular weight excluding hydrogens is 250 g/mol. The van der Waals surface area contributed by atoms with Crippen LogP contribution in [-0.2, 0) is 6.42 Å². The van der Waals surface area contributed by atoms with Crippen LogP contribution in [-0.4, -0.2) is 23.7 Å². The first-order chi connectivity index (χ1) is 9.50. The number of aromatic carboxylic acids is 1. The van der Waals surface area contributed by atoms with Crippen LogP contribution in [0.5, 0.6) is 0 Å². The molecule has 0 spiro atoms. The van der Waals surface area contributed by atoms with Gasteiger partial charge in [-0.05, 0) is 48.8 Å². The average molecular weight is 273 g/mol. The summed E-state index contributed by atoms with van der Waals surface area (Å²) in [6, 6.07) is 6.29. The summed E-state index contributed by atoms with van der Waals surface area (Å²) >= 11 is 0. The number of hydrogen-bond donors (Lipinski definition) is 1. The molecule has 20 heavy (non-hydrogen) atoms. The first-order valence-electron chi connectivity index (χ1n) is 7.62. The van der Waals surface area contributed by atoms with E-state index in [0.29, 0.717) is 17.0 Å². The van der Waals surface area contributed by atoms with Crippen molar-refractivity contribution in [2.24, 2.45) is 5.41 Å². The number of carboxylic acids is 1. The van der Waals surface area contributed by atoms with Gasteiger partial charge in [0.05, 0.1) is 5.56 Å². The summed E-state index contributed by atoms with van der Waals surface area (Å²) in [5.74, 6) is -0.797. The first-order valence-corrected chi connectivity index (χ1v) is 7.62. The second kappa shape index (κ2) is 4.80. The van der Waals surface area contributed by atoms with Gasteiger partial charge in [-0.1, -0.05) is 26.3 Å². The Morgan fingerprint density at radius 2 is 2.15 bits per heavy atom. The quantitative estimate of drug-likeness (QED) is 0.893. The van der Waals surface area contributed by atoms with E-state index in [4.69, 9.17) is 0 Å². The molecule has 1 atom stereocenters. The number of rotatable bonds is 2. The fraction of sp³-hybridized carbons (Fsp3) is 0.588. The summed E-state index contributed by atoms with van der Waals surface area (Å²) < 4.78 is 0. The van der Waals surface area contributed by atoms with Crippen LogP contribution in [0.15, 0.2) is 18.2 Å². The molecule has 1 aromatic rings. The van der Waals surface area contributed by atoms with Gasteiger partial charge in [0.1, 0.15) is 0 Å². The van der Waals surface area contributed by atoms with Gasteiger partial charge in [0.25, 0.3) is 0 Å². The number of fused-ring (bicyclic) bond motifs is 1. The molecule has 1 heterocycles. The van der Waals surface area contributed by atoms with Crippen LogP contribution in [0, 0.1) is 5.41 Å². The van der Waals surface area contributed by atoms with Crippen LogP contribution in [0.3, 0.4) is 0 Å². The van der Waals surface area contributed by atoms with Crippen molar-refractivity contribution in [3.8, 4) is 0 Å². The second-order valence-corrected chi connectivity index (χ2v) is 6.80. The predicted octanol–water partition coefficient (Wildman–Crippen LogP) is 3.72. The SMILES string of the molecule is CC1(C)CCCC1N1CCCc2c(C(=O)O)cccc21. The topological polar surface area (TPSA) is 40.5 Å². The van der Waals surface area contributed by atoms with E-state index >= 15 is 0 Å². The van der Waals surface area contributed by atoms with Crippen LogP contribution in [0.25, 0.3) is 0 Å². The monoisotopic (exact) mass is 273 g/mol. The van der Waals surface area contributed by atoms with Crippen LogP contribution in [0.4, 0.5) is 5.69 Å². The van der Waals surface area contributed by atoms with Crippen molar-refractivity contribution >= 4 is 11.7 Å². The first kappa shape index (κ1) is 13.5. The Labute approximate surface area is 120 Å². The molecule has 3 rings (SSSR count). The number of hydrogen-bond acceptors (Lipinski definition) is 2. The summed E-state index contributed by atoms with van der Waals surface area (Å²) in [4.78, 5) is 13.9. The molecule has 1 aliphatic carbocycles. The van der Waals surface area contributed by atoms with Gasteiger partial charge in [-0.25, -0.2) is 4.79 Å². The lowest BCUT2D eigenvalue weighted by Crippen LogP contribution is -2.45. The van der Waals surface area contributed by atoms with E-state index in [9.17, 15) is 9.90 Å². The van der Waals surface area contributed by atoms with Gasteiger partial charge in [-0.15, -0.1) is 0 Å². The van der Waals surface area contributed by atoms with Crippen molar-refractivity contribution in [1.29, 1.82) is 0 Å². The van der Waals surface area contributed by atoms with Gasteiger partial charge >= 0.3 is 5.97 Å². The van der Waals surface area contributed by atoms with Crippen LogP contribution >= 0.6 is 0 Å². The Bertz CT molecular complexity index is 536. The van der Waals surface area contributed by atoms with Crippen molar-refractivity contribution in [1.82, 2.24) is 0 Å². The molecule has 3 heteroatoms. The molecule has 0 amide bonds. The largest absolute Gasteiger partial charge is 0.478 e. The Morgan fingerprint density at radius 1 is 1.35 bits per heavy atom. The van der Waals surface area contributed by atoms with Crippen molar-refractivity contribution in [2.45, 2.75) is 52.0 Å². The van der Waals surface area contributed by atoms with Crippen LogP contribution in [0.1, 0.15) is 55.5 Å². The molecule has 1 aromatic carbocycles. The Hall–Kier alpha value is -1.51. The highest BCUT2D eigenvalue weighted by Gasteiger charge is 2.40. The van der Waals surface area contributed by atoms with E-state index in [1.54, 1.807) is 6.07 Å². The molecule has 2 aliphatic rings. The van der Waals surface area contributed by atoms with Gasteiger partial charge in [0.15, 0.2) is 0 Å². The van der Waals surface area contributed by atoms with Gasteiger partial charge in [0, 0.05) is 18.3 Å². The highest BCUT2D eigenvalue weighted by molar-refractivity contribution is 5.91. The number of benzene rings is 1. The lowest BCUT2D eigenvalue weighted by molar-refractivity contribution is 0.0695. The lowest BCUT2D eigenvalue weighted by atomic mass is 9.84. The zero-order chi connectivity index (χ0) is 14.3. The minimum atomic E-state index is -0.797. The molecule has 1 saturated carbocycles. The summed E-state index contributed by atoms with van der Waals surface area (Å²) in [5, 5.41) is 9.38. The Balaban J connectivity index is 2.02. The summed E-state index contributed by atoms with van der Waals surface area (Å²) in [6.45, 7) is 5.75. The molecule has 0 radical (unpaired) electrons. The van der Waals surface area contributed by atoms with E-state index in [-0.39, 0.29) is 0 Å². The maximum Gasteiger partial charge on any atom is 0.336 e. The lowest BCUT2D eigenvalue weighted by Gasteiger charge is -2.42. The Kier molecular flexibility index (Phi) is 3.23. The predicted molar refractivity (Wildman–Crippen MR) is 80.5 cm³/mol. The van der Waals surface area contributed by atoms with Crippen molar-refractivity contribution in [3.05, 3.63) is 29.3 Å². The van der Waals surface area contributed by atoms with Gasteiger partial charge in [-0.3, -0.25) is 0 Å². The van der Waals surface area contributed by atoms with E-state index in [2.05, 4.69) is 24.8 Å². The normalized spacial score (nSPS) is 24.5. The highest BCUT2D eigenvalue weighted by Crippen LogP contribution is 2.44. The summed E-state index contributed by atoms with van der Waals surface area (Å²) in [6.07, 6.45) is 5.72. The second-order valence-electron chi connectivity index (χ2n) is 6.80. The van der Waals surface area contributed by atoms with Gasteiger partial charge < -0.3 is 10.0 Å². The third-order valence-electron chi connectivity index (χ3n) is 5.09. The number of carbonyl (C=O) groups is 1. The molecule has 1 fully saturated rings. The minimum Gasteiger partial charge on any atom is -0.478 e. The zero-order valence-electron chi connectivity index (χ0n) is 12.4. The maximum atomic E-state index is 11.4. The maximum absolute atomic E-state index is 11.4. The fourth-order valence-electron chi connectivity index (χ4n) is 4.06. The smallest absolute Gasteiger partial charge is 0.336 e. The molecule has 1 unspecified atom stereocenters. The van der Waals surface area contributed by atoms with Crippen LogP contribution < -0.4 is 4.90 Å². The molecular formula is C17H23NO2. The molecule has 1 aliphatic heterocycles. The van der Waals surface area contributed by atoms with E-state index in [1.807, 2.05) is 6.07 Å². The van der Waals surface area contributed by atoms with Crippen molar-refractivity contribution < 1.29 is 9.90 Å². The van der Waals surface area contributed by atoms with Crippen molar-refractivity contribution in [3.63, 3.8) is 0 Å². The van der Waals surface area contributed by atoms with Crippen LogP contribution in [0.2, 0.25) is 0 Å². The van der Waals surface area contributed by atoms with E-state index in [1.165, 1.54) is 19.3 Å². The van der Waals surface area contributed by atoms with E-state index < -0.39 is 5.97 Å². The molecule has 0 aromatic heterocycles. The summed E-state index contributed by atoms with van der Waals surface area (Å²) in [5.41, 5.74) is 3.02. The molecule has 108 valence electrons. The van der Waals surface area contributed by atoms with Gasteiger partial charge in [-0.2, -0.15) is 0 Å². The number of nitrogens with zero attached hydrogens (tertiary/aromatic N) is 1. The molecule has 0 bridgehead atoms. The van der Waals surface area contributed by atoms with Gasteiger partial charge in [0.2, 0.25) is 0 Å².